The van der Waals surface area contributed by atoms with E-state index < -0.39 is 18.2 Å². The first kappa shape index (κ1) is 14.3. The first-order valence-corrected chi connectivity index (χ1v) is 5.76. The molecule has 0 aromatic heterocycles. The second-order valence-electron chi connectivity index (χ2n) is 3.54. The Kier molecular flexibility index (Phi) is 5.39. The Morgan fingerprint density at radius 3 is 2.39 bits per heavy atom. The van der Waals surface area contributed by atoms with Crippen LogP contribution in [0.3, 0.4) is 0 Å². The van der Waals surface area contributed by atoms with Gasteiger partial charge in [0.15, 0.2) is 0 Å². The predicted octanol–water partition coefficient (Wildman–Crippen LogP) is 2.53. The zero-order chi connectivity index (χ0) is 13.5. The summed E-state index contributed by atoms with van der Waals surface area (Å²) in [5.41, 5.74) is 0.569. The van der Waals surface area contributed by atoms with Crippen molar-refractivity contribution >= 4 is 23.5 Å². The molecule has 0 amide bonds. The molecule has 5 heteroatoms. The van der Waals surface area contributed by atoms with Crippen LogP contribution in [0.25, 0.3) is 0 Å². The fourth-order valence-corrected chi connectivity index (χ4v) is 1.19. The highest BCUT2D eigenvalue weighted by Gasteiger charge is 2.19. The highest BCUT2D eigenvalue weighted by Crippen LogP contribution is 2.08. The molecule has 1 atom stereocenters. The van der Waals surface area contributed by atoms with Gasteiger partial charge in [0, 0.05) is 5.57 Å². The molecule has 0 spiro atoms. The zero-order valence-electron chi connectivity index (χ0n) is 9.89. The molecular weight excluding hydrogens is 256 g/mol. The third-order valence-electron chi connectivity index (χ3n) is 1.96. The highest BCUT2D eigenvalue weighted by atomic mass is 35.5. The lowest BCUT2D eigenvalue weighted by atomic mass is 10.2. The summed E-state index contributed by atoms with van der Waals surface area (Å²) in [4.78, 5) is 22.9. The van der Waals surface area contributed by atoms with Crippen molar-refractivity contribution in [1.29, 1.82) is 0 Å². The molecule has 0 heterocycles. The average Bonchev–Trinajstić information content (AvgIpc) is 2.38. The van der Waals surface area contributed by atoms with Crippen LogP contribution in [-0.4, -0.2) is 24.1 Å². The molecular formula is C13H13ClO4. The predicted molar refractivity (Wildman–Crippen MR) is 67.3 cm³/mol. The molecule has 0 fully saturated rings. The fourth-order valence-electron chi connectivity index (χ4n) is 1.07. The molecule has 1 unspecified atom stereocenters. The molecule has 0 aliphatic heterocycles. The summed E-state index contributed by atoms with van der Waals surface area (Å²) in [6.07, 6.45) is -1.12. The van der Waals surface area contributed by atoms with Crippen molar-refractivity contribution in [3.8, 4) is 0 Å². The quantitative estimate of drug-likeness (QED) is 0.356. The third-order valence-corrected chi connectivity index (χ3v) is 2.21. The van der Waals surface area contributed by atoms with Crippen LogP contribution in [-0.2, 0) is 14.3 Å². The number of ether oxygens (including phenoxy) is 2. The maximum absolute atomic E-state index is 11.7. The van der Waals surface area contributed by atoms with E-state index in [9.17, 15) is 9.59 Å². The van der Waals surface area contributed by atoms with Crippen LogP contribution in [0.2, 0.25) is 0 Å². The van der Waals surface area contributed by atoms with Gasteiger partial charge in [-0.25, -0.2) is 9.59 Å². The van der Waals surface area contributed by atoms with Crippen LogP contribution in [0.15, 0.2) is 42.5 Å². The lowest BCUT2D eigenvalue weighted by molar-refractivity contribution is -0.160. The van der Waals surface area contributed by atoms with Gasteiger partial charge in [0.2, 0.25) is 0 Å². The highest BCUT2D eigenvalue weighted by molar-refractivity contribution is 6.18. The van der Waals surface area contributed by atoms with E-state index in [-0.39, 0.29) is 11.5 Å². The summed E-state index contributed by atoms with van der Waals surface area (Å²) in [6.45, 7) is 4.91. The third kappa shape index (κ3) is 4.22. The van der Waals surface area contributed by atoms with Crippen LogP contribution >= 0.6 is 11.6 Å². The van der Waals surface area contributed by atoms with Gasteiger partial charge in [-0.15, -0.1) is 11.6 Å². The van der Waals surface area contributed by atoms with E-state index in [2.05, 4.69) is 6.58 Å². The summed E-state index contributed by atoms with van der Waals surface area (Å²) in [5.74, 6) is -1.39. The molecule has 96 valence electrons. The number of carbonyl (C=O) groups is 2. The Hall–Kier alpha value is -1.81. The summed E-state index contributed by atoms with van der Waals surface area (Å²) < 4.78 is 9.79. The standard InChI is InChI=1S/C13H13ClO4/c1-9(2)12(15)17-11(8-14)18-13(16)10-6-4-3-5-7-10/h3-7,11H,1,8H2,2H3. The van der Waals surface area contributed by atoms with E-state index in [1.54, 1.807) is 30.3 Å². The van der Waals surface area contributed by atoms with Gasteiger partial charge in [-0.1, -0.05) is 24.8 Å². The molecule has 4 nitrogen and oxygen atoms in total. The van der Waals surface area contributed by atoms with Crippen LogP contribution in [0.1, 0.15) is 17.3 Å². The number of hydrogen-bond acceptors (Lipinski definition) is 4. The van der Waals surface area contributed by atoms with Crippen molar-refractivity contribution in [2.45, 2.75) is 13.2 Å². The number of hydrogen-bond donors (Lipinski definition) is 0. The maximum Gasteiger partial charge on any atom is 0.341 e. The zero-order valence-corrected chi connectivity index (χ0v) is 10.6. The minimum atomic E-state index is -1.12. The smallest absolute Gasteiger partial charge is 0.341 e. The van der Waals surface area contributed by atoms with E-state index in [4.69, 9.17) is 21.1 Å². The van der Waals surface area contributed by atoms with Crippen molar-refractivity contribution in [3.63, 3.8) is 0 Å². The molecule has 1 aromatic rings. The fraction of sp³-hybridized carbons (Fsp3) is 0.231. The molecule has 1 rings (SSSR count). The molecule has 0 N–H and O–H groups in total. The van der Waals surface area contributed by atoms with Crippen LogP contribution < -0.4 is 0 Å². The molecule has 0 saturated carbocycles. The summed E-state index contributed by atoms with van der Waals surface area (Å²) in [5, 5.41) is 0. The van der Waals surface area contributed by atoms with E-state index in [0.717, 1.165) is 0 Å². The molecule has 0 aliphatic rings. The van der Waals surface area contributed by atoms with Crippen molar-refractivity contribution in [2.75, 3.05) is 5.88 Å². The maximum atomic E-state index is 11.7. The topological polar surface area (TPSA) is 52.6 Å². The first-order valence-electron chi connectivity index (χ1n) is 5.23. The lowest BCUT2D eigenvalue weighted by Gasteiger charge is -2.15. The minimum absolute atomic E-state index is 0.141. The molecule has 0 radical (unpaired) electrons. The Morgan fingerprint density at radius 1 is 1.28 bits per heavy atom. The molecule has 1 aromatic carbocycles. The second kappa shape index (κ2) is 6.81. The summed E-state index contributed by atoms with van der Waals surface area (Å²) in [7, 11) is 0. The normalized spacial score (nSPS) is 11.4. The number of rotatable bonds is 5. The van der Waals surface area contributed by atoms with Gasteiger partial charge in [0.25, 0.3) is 6.29 Å². The monoisotopic (exact) mass is 268 g/mol. The van der Waals surface area contributed by atoms with E-state index >= 15 is 0 Å². The van der Waals surface area contributed by atoms with Gasteiger partial charge < -0.3 is 9.47 Å². The number of benzene rings is 1. The molecule has 0 bridgehead atoms. The van der Waals surface area contributed by atoms with Gasteiger partial charge in [-0.05, 0) is 19.1 Å². The van der Waals surface area contributed by atoms with Gasteiger partial charge >= 0.3 is 11.9 Å². The minimum Gasteiger partial charge on any atom is -0.420 e. The second-order valence-corrected chi connectivity index (χ2v) is 3.85. The Bertz CT molecular complexity index is 442. The van der Waals surface area contributed by atoms with E-state index in [0.29, 0.717) is 5.56 Å². The largest absolute Gasteiger partial charge is 0.420 e. The molecule has 18 heavy (non-hydrogen) atoms. The van der Waals surface area contributed by atoms with Gasteiger partial charge in [0.1, 0.15) is 0 Å². The summed E-state index contributed by atoms with van der Waals surface area (Å²) >= 11 is 5.56. The Labute approximate surface area is 110 Å². The SMILES string of the molecule is C=C(C)C(=O)OC(CCl)OC(=O)c1ccccc1. The first-order chi connectivity index (χ1) is 8.54. The molecule has 0 aliphatic carbocycles. The van der Waals surface area contributed by atoms with Crippen LogP contribution in [0, 0.1) is 0 Å². The van der Waals surface area contributed by atoms with Crippen molar-refractivity contribution in [2.24, 2.45) is 0 Å². The van der Waals surface area contributed by atoms with Crippen LogP contribution in [0.4, 0.5) is 0 Å². The van der Waals surface area contributed by atoms with E-state index in [1.807, 2.05) is 0 Å². The van der Waals surface area contributed by atoms with Crippen molar-refractivity contribution < 1.29 is 19.1 Å². The number of esters is 2. The number of halogens is 1. The average molecular weight is 269 g/mol. The van der Waals surface area contributed by atoms with Gasteiger partial charge in [-0.2, -0.15) is 0 Å². The number of alkyl halides is 1. The number of carbonyl (C=O) groups excluding carboxylic acids is 2. The van der Waals surface area contributed by atoms with Crippen molar-refractivity contribution in [3.05, 3.63) is 48.0 Å². The lowest BCUT2D eigenvalue weighted by Crippen LogP contribution is -2.26. The Morgan fingerprint density at radius 2 is 1.89 bits per heavy atom. The van der Waals surface area contributed by atoms with Crippen molar-refractivity contribution in [1.82, 2.24) is 0 Å². The Balaban J connectivity index is 2.61. The van der Waals surface area contributed by atoms with Gasteiger partial charge in [0.05, 0.1) is 11.4 Å². The van der Waals surface area contributed by atoms with E-state index in [1.165, 1.54) is 6.92 Å². The molecule has 0 saturated heterocycles. The summed E-state index contributed by atoms with van der Waals surface area (Å²) in [6, 6.07) is 8.36. The van der Waals surface area contributed by atoms with Gasteiger partial charge in [-0.3, -0.25) is 0 Å². The van der Waals surface area contributed by atoms with Crippen LogP contribution in [0.5, 0.6) is 0 Å².